The minimum atomic E-state index is -3.24. The molecule has 1 heterocycles. The van der Waals surface area contributed by atoms with Gasteiger partial charge in [-0.1, -0.05) is 13.8 Å². The van der Waals surface area contributed by atoms with Crippen molar-refractivity contribution in [2.24, 2.45) is 0 Å². The first-order chi connectivity index (χ1) is 11.8. The molecule has 1 aromatic carbocycles. The van der Waals surface area contributed by atoms with Gasteiger partial charge < -0.3 is 13.8 Å². The van der Waals surface area contributed by atoms with Gasteiger partial charge in [-0.2, -0.15) is 0 Å². The highest BCUT2D eigenvalue weighted by atomic mass is 32.1. The van der Waals surface area contributed by atoms with Crippen molar-refractivity contribution in [3.8, 4) is 5.75 Å². The molecular weight excluding hydrogens is 366 g/mol. The van der Waals surface area contributed by atoms with Crippen molar-refractivity contribution in [1.82, 2.24) is 0 Å². The van der Waals surface area contributed by atoms with E-state index in [0.717, 1.165) is 0 Å². The molecule has 0 spiro atoms. The molecular formula is C17H22FO5PS. The summed E-state index contributed by atoms with van der Waals surface area (Å²) in [4.78, 5) is 12.8. The van der Waals surface area contributed by atoms with Gasteiger partial charge in [-0.25, -0.2) is 4.39 Å². The van der Waals surface area contributed by atoms with Crippen molar-refractivity contribution in [3.63, 3.8) is 0 Å². The number of hydrogen-bond donors (Lipinski definition) is 0. The summed E-state index contributed by atoms with van der Waals surface area (Å²) in [7, 11) is 0.818. The summed E-state index contributed by atoms with van der Waals surface area (Å²) in [5.74, 6) is -0.157. The predicted octanol–water partition coefficient (Wildman–Crippen LogP) is 5.23. The van der Waals surface area contributed by atoms with Crippen LogP contribution in [0.1, 0.15) is 41.4 Å². The van der Waals surface area contributed by atoms with Gasteiger partial charge in [0.1, 0.15) is 11.6 Å². The van der Waals surface area contributed by atoms with Gasteiger partial charge >= 0.3 is 7.60 Å². The van der Waals surface area contributed by atoms with E-state index in [-0.39, 0.29) is 30.1 Å². The number of rotatable bonds is 8. The van der Waals surface area contributed by atoms with Crippen LogP contribution in [0.5, 0.6) is 5.75 Å². The lowest BCUT2D eigenvalue weighted by Crippen LogP contribution is -2.02. The maximum atomic E-state index is 14.9. The Morgan fingerprint density at radius 2 is 1.88 bits per heavy atom. The zero-order valence-electron chi connectivity index (χ0n) is 14.9. The van der Waals surface area contributed by atoms with E-state index in [1.807, 2.05) is 13.8 Å². The third-order valence-corrected chi connectivity index (χ3v) is 7.01. The molecule has 5 nitrogen and oxygen atoms in total. The molecule has 0 aliphatic carbocycles. The van der Waals surface area contributed by atoms with Crippen molar-refractivity contribution in [3.05, 3.63) is 28.4 Å². The first-order valence-corrected chi connectivity index (χ1v) is 10.3. The zero-order valence-corrected chi connectivity index (χ0v) is 16.6. The van der Waals surface area contributed by atoms with Crippen LogP contribution in [0.3, 0.4) is 0 Å². The average molecular weight is 388 g/mol. The molecule has 138 valence electrons. The Balaban J connectivity index is 2.36. The van der Waals surface area contributed by atoms with Gasteiger partial charge in [0.15, 0.2) is 5.78 Å². The lowest BCUT2D eigenvalue weighted by molar-refractivity contribution is 0.0990. The Labute approximate surface area is 150 Å². The summed E-state index contributed by atoms with van der Waals surface area (Å²) >= 11 is 1.19. The number of ether oxygens (including phenoxy) is 1. The number of Topliss-reactive ketones (excluding diaryl/α,β-unsaturated/α-hetero) is 1. The summed E-state index contributed by atoms with van der Waals surface area (Å²) in [6.45, 7) is 3.77. The maximum Gasteiger partial charge on any atom is 0.330 e. The van der Waals surface area contributed by atoms with Gasteiger partial charge in [-0.3, -0.25) is 9.36 Å². The van der Waals surface area contributed by atoms with E-state index < -0.39 is 7.60 Å². The van der Waals surface area contributed by atoms with Crippen molar-refractivity contribution >= 4 is 34.8 Å². The fourth-order valence-corrected chi connectivity index (χ4v) is 4.64. The summed E-state index contributed by atoms with van der Waals surface area (Å²) in [6, 6.07) is 3.30. The number of thiophene rings is 1. The van der Waals surface area contributed by atoms with Crippen molar-refractivity contribution in [2.75, 3.05) is 27.5 Å². The largest absolute Gasteiger partial charge is 0.496 e. The van der Waals surface area contributed by atoms with Crippen LogP contribution in [-0.4, -0.2) is 33.3 Å². The number of fused-ring (bicyclic) bond motifs is 1. The highest BCUT2D eigenvalue weighted by Gasteiger charge is 2.25. The normalized spacial score (nSPS) is 12.1. The minimum absolute atomic E-state index is 0.00156. The van der Waals surface area contributed by atoms with Gasteiger partial charge in [0.2, 0.25) is 0 Å². The first-order valence-electron chi connectivity index (χ1n) is 7.80. The van der Waals surface area contributed by atoms with E-state index in [1.54, 1.807) is 12.1 Å². The van der Waals surface area contributed by atoms with E-state index >= 15 is 0 Å². The second-order valence-corrected chi connectivity index (χ2v) is 9.34. The second-order valence-electron chi connectivity index (χ2n) is 5.86. The van der Waals surface area contributed by atoms with E-state index in [4.69, 9.17) is 13.8 Å². The molecule has 0 N–H and O–H groups in total. The summed E-state index contributed by atoms with van der Waals surface area (Å²) in [5, 5.41) is 0.402. The molecule has 25 heavy (non-hydrogen) atoms. The molecule has 0 fully saturated rings. The fourth-order valence-electron chi connectivity index (χ4n) is 2.60. The molecule has 0 atom stereocenters. The summed E-state index contributed by atoms with van der Waals surface area (Å²) in [5.41, 5.74) is 0.495. The van der Waals surface area contributed by atoms with E-state index in [9.17, 15) is 13.8 Å². The topological polar surface area (TPSA) is 61.8 Å². The molecule has 1 aromatic heterocycles. The van der Waals surface area contributed by atoms with E-state index in [0.29, 0.717) is 26.3 Å². The Bertz CT molecular complexity index is 822. The quantitative estimate of drug-likeness (QED) is 0.458. The minimum Gasteiger partial charge on any atom is -0.496 e. The third-order valence-electron chi connectivity index (χ3n) is 4.00. The van der Waals surface area contributed by atoms with Crippen LogP contribution in [0.15, 0.2) is 12.1 Å². The number of ketones is 1. The molecule has 0 aliphatic heterocycles. The van der Waals surface area contributed by atoms with Gasteiger partial charge in [-0.15, -0.1) is 11.3 Å². The number of carbonyl (C=O) groups is 1. The van der Waals surface area contributed by atoms with Crippen LogP contribution in [-0.2, 0) is 13.6 Å². The van der Waals surface area contributed by atoms with Gasteiger partial charge in [-0.05, 0) is 18.1 Å². The zero-order chi connectivity index (χ0) is 18.8. The van der Waals surface area contributed by atoms with E-state index in [2.05, 4.69) is 0 Å². The molecule has 0 amide bonds. The van der Waals surface area contributed by atoms with Gasteiger partial charge in [0.25, 0.3) is 0 Å². The maximum absolute atomic E-state index is 14.9. The number of methoxy groups -OCH3 is 1. The monoisotopic (exact) mass is 388 g/mol. The van der Waals surface area contributed by atoms with Crippen molar-refractivity contribution in [1.29, 1.82) is 0 Å². The fraction of sp³-hybridized carbons (Fsp3) is 0.471. The number of carbonyl (C=O) groups excluding carboxylic acids is 1. The molecule has 0 saturated heterocycles. The number of hydrogen-bond acceptors (Lipinski definition) is 6. The Kier molecular flexibility index (Phi) is 6.38. The number of benzene rings is 1. The van der Waals surface area contributed by atoms with Crippen molar-refractivity contribution in [2.45, 2.75) is 26.2 Å². The van der Waals surface area contributed by atoms with Gasteiger partial charge in [0, 0.05) is 36.3 Å². The van der Waals surface area contributed by atoms with Gasteiger partial charge in [0.05, 0.1) is 18.1 Å². The number of halogens is 1. The lowest BCUT2D eigenvalue weighted by atomic mass is 9.99. The molecule has 0 unspecified atom stereocenters. The molecule has 0 saturated carbocycles. The second kappa shape index (κ2) is 7.96. The van der Waals surface area contributed by atoms with Crippen LogP contribution in [0.25, 0.3) is 10.1 Å². The third kappa shape index (κ3) is 4.11. The van der Waals surface area contributed by atoms with E-state index in [1.165, 1.54) is 32.7 Å². The van der Waals surface area contributed by atoms with Crippen molar-refractivity contribution < 1.29 is 27.5 Å². The molecule has 0 bridgehead atoms. The highest BCUT2D eigenvalue weighted by Crippen LogP contribution is 2.47. The van der Waals surface area contributed by atoms with Crippen LogP contribution in [0.4, 0.5) is 4.39 Å². The lowest BCUT2D eigenvalue weighted by Gasteiger charge is -2.13. The molecule has 2 aromatic rings. The van der Waals surface area contributed by atoms with Crippen LogP contribution >= 0.6 is 18.9 Å². The summed E-state index contributed by atoms with van der Waals surface area (Å²) in [6.07, 6.45) is -0.0162. The SMILES string of the molecule is COc1cc2sc(C(=O)CCP(=O)(OC)OC)cc2c(F)c1C(C)C. The van der Waals surface area contributed by atoms with Crippen LogP contribution < -0.4 is 4.74 Å². The first kappa shape index (κ1) is 20.0. The summed E-state index contributed by atoms with van der Waals surface area (Å²) < 4.78 is 42.5. The standard InChI is InChI=1S/C17H22FO5PS/c1-10(2)16-13(21-3)9-14-11(17(16)18)8-15(25-14)12(19)6-7-24(20,22-4)23-5/h8-10H,6-7H2,1-5H3. The average Bonchev–Trinajstić information content (AvgIpc) is 3.03. The molecule has 8 heteroatoms. The molecule has 2 rings (SSSR count). The Hall–Kier alpha value is -1.27. The predicted molar refractivity (Wildman–Crippen MR) is 97.9 cm³/mol. The molecule has 0 radical (unpaired) electrons. The Morgan fingerprint density at radius 3 is 2.40 bits per heavy atom. The molecule has 0 aliphatic rings. The smallest absolute Gasteiger partial charge is 0.330 e. The highest BCUT2D eigenvalue weighted by molar-refractivity contribution is 7.53. The van der Waals surface area contributed by atoms with Crippen LogP contribution in [0.2, 0.25) is 0 Å². The van der Waals surface area contributed by atoms with Crippen LogP contribution in [0, 0.1) is 5.82 Å². The Morgan fingerprint density at radius 1 is 1.24 bits per heavy atom.